The third-order valence-electron chi connectivity index (χ3n) is 14.9. The lowest BCUT2D eigenvalue weighted by molar-refractivity contribution is -0.646. The quantitative estimate of drug-likeness (QED) is 0.156. The van der Waals surface area contributed by atoms with Gasteiger partial charge in [0.2, 0.25) is 0 Å². The van der Waals surface area contributed by atoms with Gasteiger partial charge in [-0.1, -0.05) is 65.5 Å². The van der Waals surface area contributed by atoms with Crippen LogP contribution in [0.4, 0.5) is 0 Å². The first-order chi connectivity index (χ1) is 21.3. The van der Waals surface area contributed by atoms with Crippen molar-refractivity contribution in [3.05, 3.63) is 16.6 Å². The Kier molecular flexibility index (Phi) is 7.91. The summed E-state index contributed by atoms with van der Waals surface area (Å²) in [5.74, 6) is -0.230. The van der Waals surface area contributed by atoms with Gasteiger partial charge in [-0.3, -0.25) is 14.4 Å². The monoisotopic (exact) mass is 643 g/mol. The number of nitrogens with one attached hydrogen (secondary N) is 1. The van der Waals surface area contributed by atoms with Gasteiger partial charge < -0.3 is 20.1 Å². The van der Waals surface area contributed by atoms with Gasteiger partial charge in [0.25, 0.3) is 11.9 Å². The van der Waals surface area contributed by atoms with Crippen LogP contribution in [0.15, 0.2) is 11.6 Å². The maximum atomic E-state index is 14.7. The Bertz CT molecular complexity index is 1370. The molecule has 10 nitrogen and oxygen atoms in total. The van der Waals surface area contributed by atoms with E-state index in [1.165, 1.54) is 5.57 Å². The highest BCUT2D eigenvalue weighted by Crippen LogP contribution is 2.75. The van der Waals surface area contributed by atoms with Gasteiger partial charge in [0.1, 0.15) is 40.7 Å². The van der Waals surface area contributed by atoms with E-state index in [0.717, 1.165) is 25.7 Å². The fraction of sp³-hybridized carbons (Fsp3) is 0.861. The zero-order chi connectivity index (χ0) is 33.8. The molecule has 0 bridgehead atoms. The maximum absolute atomic E-state index is 14.7. The number of ether oxygens (including phenoxy) is 1. The summed E-state index contributed by atoms with van der Waals surface area (Å²) in [6.07, 6.45) is 4.21. The molecule has 256 valence electrons. The van der Waals surface area contributed by atoms with Crippen LogP contribution in [0.2, 0.25) is 0 Å². The molecule has 1 saturated heterocycles. The molecule has 5 fully saturated rings. The summed E-state index contributed by atoms with van der Waals surface area (Å²) in [4.78, 5) is 55.8. The first-order valence-corrected chi connectivity index (χ1v) is 17.4. The number of hydrogen-bond acceptors (Lipinski definition) is 8. The minimum Gasteiger partial charge on any atom is -0.394 e. The molecule has 0 spiro atoms. The minimum absolute atomic E-state index is 0.0399. The average molecular weight is 644 g/mol. The Morgan fingerprint density at radius 2 is 1.67 bits per heavy atom. The van der Waals surface area contributed by atoms with Crippen LogP contribution in [0.3, 0.4) is 0 Å². The van der Waals surface area contributed by atoms with Gasteiger partial charge in [-0.2, -0.15) is 0 Å². The van der Waals surface area contributed by atoms with Crippen LogP contribution < -0.4 is 5.43 Å². The molecule has 6 rings (SSSR count). The summed E-state index contributed by atoms with van der Waals surface area (Å²) >= 11 is 0. The number of allylic oxidation sites excluding steroid dienone is 2. The SMILES string of the molecule is CC1(C)CCC2(C(=O)N[N+](=O)C3COC(CO)C(O)C3O)C(=O)CC3(C)C(=CCC4C5(C)CCC(=O)C(C)(C)C5CCC43C)C2C1. The van der Waals surface area contributed by atoms with Crippen LogP contribution in [-0.4, -0.2) is 75.2 Å². The second-order valence-corrected chi connectivity index (χ2v) is 17.8. The predicted molar refractivity (Wildman–Crippen MR) is 169 cm³/mol. The molecule has 4 saturated carbocycles. The Labute approximate surface area is 272 Å². The lowest BCUT2D eigenvalue weighted by atomic mass is 9.33. The number of nitrogens with zero attached hydrogens (tertiary/aromatic N) is 1. The highest BCUT2D eigenvalue weighted by atomic mass is 16.5. The Balaban J connectivity index is 1.36. The van der Waals surface area contributed by atoms with Crippen LogP contribution in [0.5, 0.6) is 0 Å². The summed E-state index contributed by atoms with van der Waals surface area (Å²) in [6, 6.07) is -1.29. The number of ketones is 2. The number of carbonyl (C=O) groups is 3. The van der Waals surface area contributed by atoms with Gasteiger partial charge in [0, 0.05) is 29.6 Å². The third kappa shape index (κ3) is 4.44. The largest absolute Gasteiger partial charge is 0.394 e. The first kappa shape index (κ1) is 33.9. The van der Waals surface area contributed by atoms with Crippen molar-refractivity contribution in [3.8, 4) is 0 Å². The average Bonchev–Trinajstić information content (AvgIpc) is 2.96. The molecule has 11 atom stereocenters. The Hall–Kier alpha value is -2.01. The number of aliphatic hydroxyl groups excluding tert-OH is 3. The van der Waals surface area contributed by atoms with E-state index in [2.05, 4.69) is 60.0 Å². The highest BCUT2D eigenvalue weighted by Gasteiger charge is 2.71. The summed E-state index contributed by atoms with van der Waals surface area (Å²) < 4.78 is 5.39. The van der Waals surface area contributed by atoms with Crippen molar-refractivity contribution in [1.82, 2.24) is 5.43 Å². The van der Waals surface area contributed by atoms with E-state index < -0.39 is 47.7 Å². The van der Waals surface area contributed by atoms with Gasteiger partial charge in [-0.25, -0.2) is 0 Å². The Morgan fingerprint density at radius 1 is 0.978 bits per heavy atom. The topological polar surface area (TPSA) is 153 Å². The molecule has 0 aromatic heterocycles. The van der Waals surface area contributed by atoms with E-state index in [1.807, 2.05) is 0 Å². The lowest BCUT2D eigenvalue weighted by Crippen LogP contribution is -2.68. The van der Waals surface area contributed by atoms with Crippen molar-refractivity contribution in [3.63, 3.8) is 0 Å². The summed E-state index contributed by atoms with van der Waals surface area (Å²) in [5.41, 5.74) is 0.975. The zero-order valence-corrected chi connectivity index (χ0v) is 28.7. The molecule has 46 heavy (non-hydrogen) atoms. The van der Waals surface area contributed by atoms with Crippen LogP contribution in [-0.2, 0) is 19.1 Å². The maximum Gasteiger partial charge on any atom is 0.292 e. The Morgan fingerprint density at radius 3 is 2.35 bits per heavy atom. The highest BCUT2D eigenvalue weighted by molar-refractivity contribution is 6.08. The number of hydrogen-bond donors (Lipinski definition) is 4. The van der Waals surface area contributed by atoms with Gasteiger partial charge in [0.15, 0.2) is 6.10 Å². The van der Waals surface area contributed by atoms with E-state index in [0.29, 0.717) is 37.4 Å². The van der Waals surface area contributed by atoms with Gasteiger partial charge in [0.05, 0.1) is 11.5 Å². The van der Waals surface area contributed by atoms with Gasteiger partial charge >= 0.3 is 0 Å². The molecule has 6 aliphatic rings. The van der Waals surface area contributed by atoms with Gasteiger partial charge in [-0.05, 0) is 73.0 Å². The number of hydrazine groups is 1. The van der Waals surface area contributed by atoms with E-state index >= 15 is 0 Å². The molecule has 0 radical (unpaired) electrons. The first-order valence-electron chi connectivity index (χ1n) is 17.4. The second-order valence-electron chi connectivity index (χ2n) is 17.8. The summed E-state index contributed by atoms with van der Waals surface area (Å²) in [5, 5.41) is 30.4. The van der Waals surface area contributed by atoms with Crippen molar-refractivity contribution in [2.24, 2.45) is 50.2 Å². The predicted octanol–water partition coefficient (Wildman–Crippen LogP) is 3.83. The van der Waals surface area contributed by atoms with Gasteiger partial charge in [-0.15, -0.1) is 0 Å². The minimum atomic E-state index is -1.55. The lowest BCUT2D eigenvalue weighted by Gasteiger charge is -2.70. The number of amides is 1. The van der Waals surface area contributed by atoms with Crippen molar-refractivity contribution >= 4 is 17.5 Å². The van der Waals surface area contributed by atoms with E-state index in [9.17, 15) is 34.6 Å². The number of rotatable bonds is 4. The van der Waals surface area contributed by atoms with Crippen LogP contribution in [0, 0.1) is 55.2 Å². The molecule has 1 aliphatic heterocycles. The summed E-state index contributed by atoms with van der Waals surface area (Å²) in [7, 11) is 0. The molecule has 10 heteroatoms. The normalized spacial score (nSPS) is 47.8. The standard InChI is InChI=1S/C36H54N2O8/c1-31(2)14-15-36(30(44)37-38(45)22-19-46-23(18-39)29(43)28(22)42)21(16-31)20-8-9-25-33(5)12-11-26(40)32(3,4)24(33)10-13-34(25,6)35(20,7)17-27(36)41/h8,21-25,28-29,39,42-43H,9-19H2,1-7H3/p+1. The molecule has 4 N–H and O–H groups in total. The number of Topliss-reactive ketones (excluding diaryl/α,β-unsaturated/α-hetero) is 2. The van der Waals surface area contributed by atoms with Crippen molar-refractivity contribution < 1.29 is 39.3 Å². The van der Waals surface area contributed by atoms with E-state index in [4.69, 9.17) is 4.74 Å². The van der Waals surface area contributed by atoms with Crippen molar-refractivity contribution in [2.75, 3.05) is 13.2 Å². The summed E-state index contributed by atoms with van der Waals surface area (Å²) in [6.45, 7) is 14.8. The molecular formula is C36H55N2O8+. The number of carbonyl (C=O) groups excluding carboxylic acids is 3. The van der Waals surface area contributed by atoms with Crippen molar-refractivity contribution in [1.29, 1.82) is 0 Å². The fourth-order valence-corrected chi connectivity index (χ4v) is 11.8. The molecule has 11 unspecified atom stereocenters. The van der Waals surface area contributed by atoms with Crippen molar-refractivity contribution in [2.45, 2.75) is 131 Å². The van der Waals surface area contributed by atoms with E-state index in [1.54, 1.807) is 0 Å². The number of fused-ring (bicyclic) bond motifs is 7. The second kappa shape index (κ2) is 10.7. The fourth-order valence-electron chi connectivity index (χ4n) is 11.8. The molecule has 0 aromatic carbocycles. The molecule has 5 aliphatic carbocycles. The van der Waals surface area contributed by atoms with E-state index in [-0.39, 0.29) is 57.2 Å². The third-order valence-corrected chi connectivity index (χ3v) is 14.9. The zero-order valence-electron chi connectivity index (χ0n) is 28.7. The van der Waals surface area contributed by atoms with Crippen LogP contribution in [0.25, 0.3) is 0 Å². The van der Waals surface area contributed by atoms with Crippen LogP contribution >= 0.6 is 0 Å². The smallest absolute Gasteiger partial charge is 0.292 e. The number of nitroso groups, excluding NO2 is 1. The molecular weight excluding hydrogens is 588 g/mol. The molecule has 0 aromatic rings. The number of aliphatic hydroxyl groups is 3. The molecule has 1 heterocycles. The van der Waals surface area contributed by atoms with Crippen LogP contribution in [0.1, 0.15) is 106 Å². The molecule has 1 amide bonds.